The van der Waals surface area contributed by atoms with Crippen LogP contribution < -0.4 is 5.32 Å². The third-order valence-electron chi connectivity index (χ3n) is 2.68. The number of rotatable bonds is 5. The standard InChI is InChI=1S/C12H19NO4/c1-8(2)3-4-10(12(15)16)13-11(14)9-5-6-17-7-9/h3,9-10H,4-7H2,1-2H3,(H,13,14)(H,15,16)/t9-,10-/m0/s1. The van der Waals surface area contributed by atoms with Gasteiger partial charge in [0.25, 0.3) is 0 Å². The summed E-state index contributed by atoms with van der Waals surface area (Å²) < 4.78 is 5.10. The van der Waals surface area contributed by atoms with Crippen molar-refractivity contribution < 1.29 is 19.4 Å². The smallest absolute Gasteiger partial charge is 0.326 e. The number of hydrogen-bond acceptors (Lipinski definition) is 3. The molecule has 17 heavy (non-hydrogen) atoms. The Kier molecular flexibility index (Phi) is 5.15. The van der Waals surface area contributed by atoms with Gasteiger partial charge in [0.2, 0.25) is 5.91 Å². The fraction of sp³-hybridized carbons (Fsp3) is 0.667. The summed E-state index contributed by atoms with van der Waals surface area (Å²) >= 11 is 0. The van der Waals surface area contributed by atoms with E-state index in [-0.39, 0.29) is 11.8 Å². The van der Waals surface area contributed by atoms with Crippen LogP contribution >= 0.6 is 0 Å². The fourth-order valence-corrected chi connectivity index (χ4v) is 1.61. The van der Waals surface area contributed by atoms with Gasteiger partial charge in [0.1, 0.15) is 6.04 Å². The summed E-state index contributed by atoms with van der Waals surface area (Å²) in [6, 6.07) is -0.849. The van der Waals surface area contributed by atoms with Gasteiger partial charge in [0.15, 0.2) is 0 Å². The highest BCUT2D eigenvalue weighted by Gasteiger charge is 2.27. The highest BCUT2D eigenvalue weighted by Crippen LogP contribution is 2.12. The Labute approximate surface area is 101 Å². The summed E-state index contributed by atoms with van der Waals surface area (Å²) in [5.74, 6) is -1.43. The molecule has 1 aliphatic rings. The molecular weight excluding hydrogens is 222 g/mol. The second kappa shape index (κ2) is 6.39. The van der Waals surface area contributed by atoms with Gasteiger partial charge in [0.05, 0.1) is 12.5 Å². The van der Waals surface area contributed by atoms with Crippen LogP contribution in [-0.4, -0.2) is 36.2 Å². The average Bonchev–Trinajstić information content (AvgIpc) is 2.76. The summed E-state index contributed by atoms with van der Waals surface area (Å²) in [5.41, 5.74) is 1.04. The fourth-order valence-electron chi connectivity index (χ4n) is 1.61. The van der Waals surface area contributed by atoms with Gasteiger partial charge < -0.3 is 15.2 Å². The number of ether oxygens (including phenoxy) is 1. The van der Waals surface area contributed by atoms with Gasteiger partial charge in [-0.15, -0.1) is 0 Å². The molecule has 0 aromatic carbocycles. The summed E-state index contributed by atoms with van der Waals surface area (Å²) in [7, 11) is 0. The summed E-state index contributed by atoms with van der Waals surface area (Å²) in [6.07, 6.45) is 2.79. The van der Waals surface area contributed by atoms with Crippen LogP contribution in [0.3, 0.4) is 0 Å². The molecule has 0 unspecified atom stereocenters. The molecule has 2 atom stereocenters. The van der Waals surface area contributed by atoms with E-state index in [2.05, 4.69) is 5.32 Å². The molecule has 1 rings (SSSR count). The number of hydrogen-bond donors (Lipinski definition) is 2. The van der Waals surface area contributed by atoms with Crippen LogP contribution in [0.5, 0.6) is 0 Å². The highest BCUT2D eigenvalue weighted by molar-refractivity contribution is 5.85. The van der Waals surface area contributed by atoms with Gasteiger partial charge in [-0.25, -0.2) is 4.79 Å². The van der Waals surface area contributed by atoms with Crippen molar-refractivity contribution in [2.24, 2.45) is 5.92 Å². The SMILES string of the molecule is CC(C)=CC[C@H](NC(=O)[C@H]1CCOC1)C(=O)O. The van der Waals surface area contributed by atoms with Crippen molar-refractivity contribution in [3.8, 4) is 0 Å². The van der Waals surface area contributed by atoms with Gasteiger partial charge in [-0.3, -0.25) is 4.79 Å². The molecule has 0 aliphatic carbocycles. The summed E-state index contributed by atoms with van der Waals surface area (Å²) in [4.78, 5) is 22.7. The number of carbonyl (C=O) groups excluding carboxylic acids is 1. The minimum absolute atomic E-state index is 0.205. The summed E-state index contributed by atoms with van der Waals surface area (Å²) in [5, 5.41) is 11.6. The second-order valence-corrected chi connectivity index (χ2v) is 4.48. The van der Waals surface area contributed by atoms with Crippen LogP contribution in [0.2, 0.25) is 0 Å². The number of aliphatic carboxylic acids is 1. The molecule has 96 valence electrons. The van der Waals surface area contributed by atoms with Crippen molar-refractivity contribution in [3.63, 3.8) is 0 Å². The third kappa shape index (κ3) is 4.56. The molecule has 0 bridgehead atoms. The predicted molar refractivity (Wildman–Crippen MR) is 62.5 cm³/mol. The van der Waals surface area contributed by atoms with Crippen LogP contribution in [0.25, 0.3) is 0 Å². The Balaban J connectivity index is 2.51. The van der Waals surface area contributed by atoms with Gasteiger partial charge in [-0.2, -0.15) is 0 Å². The van der Waals surface area contributed by atoms with Crippen LogP contribution in [0.15, 0.2) is 11.6 Å². The van der Waals surface area contributed by atoms with Crippen molar-refractivity contribution in [1.82, 2.24) is 5.32 Å². The lowest BCUT2D eigenvalue weighted by atomic mass is 10.1. The van der Waals surface area contributed by atoms with Gasteiger partial charge >= 0.3 is 5.97 Å². The maximum absolute atomic E-state index is 11.7. The molecule has 1 aliphatic heterocycles. The van der Waals surface area contributed by atoms with E-state index in [1.165, 1.54) is 0 Å². The van der Waals surface area contributed by atoms with E-state index in [0.717, 1.165) is 5.57 Å². The monoisotopic (exact) mass is 241 g/mol. The van der Waals surface area contributed by atoms with E-state index < -0.39 is 12.0 Å². The van der Waals surface area contributed by atoms with Crippen molar-refractivity contribution in [2.45, 2.75) is 32.7 Å². The Morgan fingerprint density at radius 2 is 2.24 bits per heavy atom. The molecule has 1 fully saturated rings. The number of nitrogens with one attached hydrogen (secondary N) is 1. The maximum atomic E-state index is 11.7. The van der Waals surface area contributed by atoms with Gasteiger partial charge in [0, 0.05) is 6.61 Å². The van der Waals surface area contributed by atoms with Crippen LogP contribution in [0.4, 0.5) is 0 Å². The minimum Gasteiger partial charge on any atom is -0.480 e. The molecule has 0 saturated carbocycles. The molecule has 1 amide bonds. The highest BCUT2D eigenvalue weighted by atomic mass is 16.5. The minimum atomic E-state index is -1.00. The first-order valence-electron chi connectivity index (χ1n) is 5.75. The van der Waals surface area contributed by atoms with Gasteiger partial charge in [-0.1, -0.05) is 11.6 Å². The van der Waals surface area contributed by atoms with Crippen LogP contribution in [-0.2, 0) is 14.3 Å². The lowest BCUT2D eigenvalue weighted by molar-refractivity contribution is -0.142. The number of allylic oxidation sites excluding steroid dienone is 1. The lowest BCUT2D eigenvalue weighted by Gasteiger charge is -2.15. The molecule has 5 nitrogen and oxygen atoms in total. The van der Waals surface area contributed by atoms with Crippen molar-refractivity contribution in [1.29, 1.82) is 0 Å². The number of amides is 1. The number of carboxylic acids is 1. The predicted octanol–water partition coefficient (Wildman–Crippen LogP) is 0.949. The molecule has 0 radical (unpaired) electrons. The zero-order chi connectivity index (χ0) is 12.8. The Hall–Kier alpha value is -1.36. The largest absolute Gasteiger partial charge is 0.480 e. The zero-order valence-corrected chi connectivity index (χ0v) is 10.2. The molecule has 0 spiro atoms. The lowest BCUT2D eigenvalue weighted by Crippen LogP contribution is -2.43. The van der Waals surface area contributed by atoms with E-state index in [9.17, 15) is 9.59 Å². The Bertz CT molecular complexity index is 314. The van der Waals surface area contributed by atoms with E-state index >= 15 is 0 Å². The molecule has 5 heteroatoms. The third-order valence-corrected chi connectivity index (χ3v) is 2.68. The Morgan fingerprint density at radius 1 is 1.53 bits per heavy atom. The molecule has 1 saturated heterocycles. The summed E-state index contributed by atoms with van der Waals surface area (Å²) in [6.45, 7) is 4.75. The number of carbonyl (C=O) groups is 2. The normalized spacial score (nSPS) is 20.7. The van der Waals surface area contributed by atoms with Gasteiger partial charge in [-0.05, 0) is 26.7 Å². The first kappa shape index (κ1) is 13.7. The van der Waals surface area contributed by atoms with E-state index in [4.69, 9.17) is 9.84 Å². The molecule has 0 aromatic heterocycles. The quantitative estimate of drug-likeness (QED) is 0.703. The maximum Gasteiger partial charge on any atom is 0.326 e. The van der Waals surface area contributed by atoms with E-state index in [1.807, 2.05) is 19.9 Å². The second-order valence-electron chi connectivity index (χ2n) is 4.48. The first-order valence-corrected chi connectivity index (χ1v) is 5.75. The van der Waals surface area contributed by atoms with Crippen molar-refractivity contribution in [3.05, 3.63) is 11.6 Å². The Morgan fingerprint density at radius 3 is 2.71 bits per heavy atom. The molecule has 2 N–H and O–H groups in total. The van der Waals surface area contributed by atoms with Crippen molar-refractivity contribution >= 4 is 11.9 Å². The number of carboxylic acid groups (broad SMARTS) is 1. The van der Waals surface area contributed by atoms with Crippen molar-refractivity contribution in [2.75, 3.05) is 13.2 Å². The molecule has 0 aromatic rings. The zero-order valence-electron chi connectivity index (χ0n) is 10.2. The first-order chi connectivity index (χ1) is 8.00. The average molecular weight is 241 g/mol. The molecule has 1 heterocycles. The van der Waals surface area contributed by atoms with E-state index in [0.29, 0.717) is 26.1 Å². The topological polar surface area (TPSA) is 75.6 Å². The molecular formula is C12H19NO4. The van der Waals surface area contributed by atoms with E-state index in [1.54, 1.807) is 0 Å². The van der Waals surface area contributed by atoms with Crippen LogP contribution in [0, 0.1) is 5.92 Å². The van der Waals surface area contributed by atoms with Crippen LogP contribution in [0.1, 0.15) is 26.7 Å².